The molecule has 1 heterocycles. The van der Waals surface area contributed by atoms with E-state index in [1.165, 1.54) is 76.6 Å². The molecule has 0 atom stereocenters. The highest BCUT2D eigenvalue weighted by Gasteiger charge is 2.45. The molecule has 11 rings (SSSR count). The zero-order valence-corrected chi connectivity index (χ0v) is 33.4. The van der Waals surface area contributed by atoms with Crippen molar-refractivity contribution >= 4 is 0 Å². The Kier molecular flexibility index (Phi) is 9.08. The third kappa shape index (κ3) is 6.44. The maximum absolute atomic E-state index is 5.06. The van der Waals surface area contributed by atoms with Crippen LogP contribution in [0.15, 0.2) is 200 Å². The van der Waals surface area contributed by atoms with Crippen LogP contribution in [0.4, 0.5) is 0 Å². The Hall–Kier alpha value is -7.23. The van der Waals surface area contributed by atoms with Gasteiger partial charge in [-0.15, -0.1) is 0 Å². The van der Waals surface area contributed by atoms with Gasteiger partial charge in [-0.1, -0.05) is 201 Å². The summed E-state index contributed by atoms with van der Waals surface area (Å²) >= 11 is 0. The van der Waals surface area contributed by atoms with Gasteiger partial charge in [0, 0.05) is 22.1 Å². The van der Waals surface area contributed by atoms with Crippen LogP contribution in [0, 0.1) is 0 Å². The molecule has 0 unspecified atom stereocenters. The van der Waals surface area contributed by atoms with Crippen molar-refractivity contribution in [3.8, 4) is 89.8 Å². The van der Waals surface area contributed by atoms with Gasteiger partial charge in [0.15, 0.2) is 17.5 Å². The average molecular weight is 770 g/mol. The third-order valence-electron chi connectivity index (χ3n) is 12.7. The predicted molar refractivity (Wildman–Crippen MR) is 247 cm³/mol. The van der Waals surface area contributed by atoms with E-state index < -0.39 is 0 Å². The molecule has 0 N–H and O–H groups in total. The zero-order chi connectivity index (χ0) is 39.9. The first-order chi connectivity index (χ1) is 29.7. The summed E-state index contributed by atoms with van der Waals surface area (Å²) in [7, 11) is 0. The van der Waals surface area contributed by atoms with E-state index in [2.05, 4.69) is 164 Å². The molecule has 1 saturated carbocycles. The van der Waals surface area contributed by atoms with E-state index in [4.69, 9.17) is 15.0 Å². The molecule has 2 aliphatic rings. The lowest BCUT2D eigenvalue weighted by Gasteiger charge is -2.37. The number of rotatable bonds is 7. The summed E-state index contributed by atoms with van der Waals surface area (Å²) in [6.45, 7) is 0. The predicted octanol–water partition coefficient (Wildman–Crippen LogP) is 14.8. The van der Waals surface area contributed by atoms with Crippen LogP contribution in [-0.2, 0) is 5.41 Å². The first-order valence-corrected chi connectivity index (χ1v) is 21.2. The molecule has 0 bridgehead atoms. The van der Waals surface area contributed by atoms with Crippen LogP contribution in [0.3, 0.4) is 0 Å². The van der Waals surface area contributed by atoms with E-state index in [0.29, 0.717) is 17.5 Å². The van der Waals surface area contributed by atoms with Crippen LogP contribution in [0.25, 0.3) is 89.8 Å². The smallest absolute Gasteiger partial charge is 0.164 e. The van der Waals surface area contributed by atoms with Gasteiger partial charge in [0.1, 0.15) is 0 Å². The summed E-state index contributed by atoms with van der Waals surface area (Å²) in [5.41, 5.74) is 18.5. The second-order valence-electron chi connectivity index (χ2n) is 16.3. The van der Waals surface area contributed by atoms with Crippen molar-refractivity contribution in [1.82, 2.24) is 15.0 Å². The summed E-state index contributed by atoms with van der Waals surface area (Å²) in [5.74, 6) is 1.94. The number of hydrogen-bond acceptors (Lipinski definition) is 3. The van der Waals surface area contributed by atoms with E-state index in [1.54, 1.807) is 5.56 Å². The van der Waals surface area contributed by atoms with Crippen LogP contribution >= 0.6 is 0 Å². The van der Waals surface area contributed by atoms with Crippen molar-refractivity contribution in [2.75, 3.05) is 0 Å². The monoisotopic (exact) mass is 769 g/mol. The first-order valence-electron chi connectivity index (χ1n) is 21.2. The Balaban J connectivity index is 0.923. The fourth-order valence-corrected chi connectivity index (χ4v) is 9.85. The molecular formula is C57H43N3. The minimum atomic E-state index is 0.0995. The summed E-state index contributed by atoms with van der Waals surface area (Å²) in [5, 5.41) is 0. The van der Waals surface area contributed by atoms with Crippen molar-refractivity contribution in [1.29, 1.82) is 0 Å². The standard InChI is InChI=1S/C57H43N3/c1-4-16-39(17-5-1)44-21-14-25-48(38-44)56-59-54(41-18-6-2-7-19-41)58-55(60-56)42-32-30-40(31-33-42)43-20-12-22-45(36-43)46-23-13-24-47(37-46)49-27-15-28-51-50-26-8-9-29-52(50)57(53(49)51)34-10-3-11-35-57/h1-2,4-9,12-33,36-38H,3,10-11,34-35H2. The molecule has 3 heteroatoms. The highest BCUT2D eigenvalue weighted by molar-refractivity contribution is 5.89. The molecular weight excluding hydrogens is 727 g/mol. The summed E-state index contributed by atoms with van der Waals surface area (Å²) in [6, 6.07) is 71.9. The largest absolute Gasteiger partial charge is 0.208 e. The van der Waals surface area contributed by atoms with Gasteiger partial charge < -0.3 is 0 Å². The fourth-order valence-electron chi connectivity index (χ4n) is 9.85. The van der Waals surface area contributed by atoms with Gasteiger partial charge in [0.25, 0.3) is 0 Å². The molecule has 8 aromatic carbocycles. The Labute approximate surface area is 352 Å². The van der Waals surface area contributed by atoms with Crippen molar-refractivity contribution in [2.24, 2.45) is 0 Å². The molecule has 3 nitrogen and oxygen atoms in total. The summed E-state index contributed by atoms with van der Waals surface area (Å²) in [4.78, 5) is 15.1. The molecule has 9 aromatic rings. The maximum atomic E-state index is 5.06. The fraction of sp³-hybridized carbons (Fsp3) is 0.105. The molecule has 1 aromatic heterocycles. The minimum Gasteiger partial charge on any atom is -0.208 e. The van der Waals surface area contributed by atoms with Crippen LogP contribution in [0.5, 0.6) is 0 Å². The van der Waals surface area contributed by atoms with Gasteiger partial charge in [0.05, 0.1) is 0 Å². The average Bonchev–Trinajstić information content (AvgIpc) is 3.60. The molecule has 1 fully saturated rings. The molecule has 1 spiro atoms. The van der Waals surface area contributed by atoms with Crippen LogP contribution in [-0.4, -0.2) is 15.0 Å². The normalized spacial score (nSPS) is 13.8. The van der Waals surface area contributed by atoms with E-state index in [9.17, 15) is 0 Å². The van der Waals surface area contributed by atoms with Crippen molar-refractivity contribution < 1.29 is 0 Å². The maximum Gasteiger partial charge on any atom is 0.164 e. The third-order valence-corrected chi connectivity index (χ3v) is 12.7. The van der Waals surface area contributed by atoms with Gasteiger partial charge in [-0.05, 0) is 97.8 Å². The quantitative estimate of drug-likeness (QED) is 0.162. The van der Waals surface area contributed by atoms with E-state index >= 15 is 0 Å². The Morgan fingerprint density at radius 2 is 0.683 bits per heavy atom. The lowest BCUT2D eigenvalue weighted by molar-refractivity contribution is 0.353. The second kappa shape index (κ2) is 15.2. The van der Waals surface area contributed by atoms with E-state index in [0.717, 1.165) is 33.4 Å². The van der Waals surface area contributed by atoms with Crippen LogP contribution in [0.1, 0.15) is 43.2 Å². The molecule has 2 aliphatic carbocycles. The highest BCUT2D eigenvalue weighted by Crippen LogP contribution is 2.58. The molecule has 0 radical (unpaired) electrons. The topological polar surface area (TPSA) is 38.7 Å². The van der Waals surface area contributed by atoms with Gasteiger partial charge in [0.2, 0.25) is 0 Å². The van der Waals surface area contributed by atoms with Crippen molar-refractivity contribution in [3.63, 3.8) is 0 Å². The molecule has 0 amide bonds. The molecule has 0 saturated heterocycles. The SMILES string of the molecule is c1ccc(-c2cccc(-c3nc(-c4ccccc4)nc(-c4ccc(-c5cccc(-c6cccc(-c7cccc8c7C7(CCCCC7)c7ccccc7-8)c6)c5)cc4)n3)c2)cc1. The van der Waals surface area contributed by atoms with Gasteiger partial charge in [-0.25, -0.2) is 15.0 Å². The molecule has 60 heavy (non-hydrogen) atoms. The number of benzene rings is 8. The summed E-state index contributed by atoms with van der Waals surface area (Å²) in [6.07, 6.45) is 6.34. The van der Waals surface area contributed by atoms with E-state index in [-0.39, 0.29) is 5.41 Å². The van der Waals surface area contributed by atoms with Gasteiger partial charge in [-0.3, -0.25) is 0 Å². The number of hydrogen-bond donors (Lipinski definition) is 0. The summed E-state index contributed by atoms with van der Waals surface area (Å²) < 4.78 is 0. The van der Waals surface area contributed by atoms with E-state index in [1.807, 2.05) is 36.4 Å². The second-order valence-corrected chi connectivity index (χ2v) is 16.3. The first kappa shape index (κ1) is 35.9. The lowest BCUT2D eigenvalue weighted by Crippen LogP contribution is -2.28. The van der Waals surface area contributed by atoms with Gasteiger partial charge >= 0.3 is 0 Å². The minimum absolute atomic E-state index is 0.0995. The van der Waals surface area contributed by atoms with Crippen molar-refractivity contribution in [2.45, 2.75) is 37.5 Å². The number of nitrogens with zero attached hydrogens (tertiary/aromatic N) is 3. The highest BCUT2D eigenvalue weighted by atomic mass is 15.0. The number of aromatic nitrogens is 3. The molecule has 0 aliphatic heterocycles. The Bertz CT molecular complexity index is 3000. The van der Waals surface area contributed by atoms with Crippen LogP contribution in [0.2, 0.25) is 0 Å². The zero-order valence-electron chi connectivity index (χ0n) is 33.4. The Morgan fingerprint density at radius 1 is 0.283 bits per heavy atom. The Morgan fingerprint density at radius 3 is 1.35 bits per heavy atom. The molecule has 286 valence electrons. The number of fused-ring (bicyclic) bond motifs is 5. The lowest BCUT2D eigenvalue weighted by atomic mass is 9.66. The van der Waals surface area contributed by atoms with Gasteiger partial charge in [-0.2, -0.15) is 0 Å². The van der Waals surface area contributed by atoms with Crippen molar-refractivity contribution in [3.05, 3.63) is 211 Å². The van der Waals surface area contributed by atoms with Crippen LogP contribution < -0.4 is 0 Å².